The molecule has 0 spiro atoms. The second-order valence-electron chi connectivity index (χ2n) is 3.72. The smallest absolute Gasteiger partial charge is 0.550 e. The average molecular weight is 600 g/mol. The first kappa shape index (κ1) is 56.8. The van der Waals surface area contributed by atoms with E-state index >= 15 is 0 Å². The third-order valence-corrected chi connectivity index (χ3v) is 2.04. The Kier molecular flexibility index (Phi) is 79.4. The maximum absolute atomic E-state index is 10.3. The van der Waals surface area contributed by atoms with Crippen LogP contribution < -0.4 is 0 Å². The number of aryl methyl sites for hydroxylation is 1. The molecule has 0 saturated heterocycles. The Morgan fingerprint density at radius 1 is 0.733 bits per heavy atom. The maximum Gasteiger partial charge on any atom is 3.00 e. The molecule has 0 aromatic heterocycles. The predicted octanol–water partition coefficient (Wildman–Crippen LogP) is 3.83. The molecule has 1 aromatic rings. The van der Waals surface area contributed by atoms with Gasteiger partial charge in [0.1, 0.15) is 0 Å². The van der Waals surface area contributed by atoms with Crippen LogP contribution in [0.1, 0.15) is 5.56 Å². The molecule has 0 N–H and O–H groups in total. The van der Waals surface area contributed by atoms with Crippen molar-refractivity contribution < 1.29 is 81.6 Å². The molecule has 3 radical (unpaired) electrons. The number of esters is 3. The standard InChI is InChI=1S/C7H8.C6H8O4.C4H5O2.4CH3.2Co.Ru/c1-7-5-3-2-4-6-7;1-9-5(7)3-4-6(8)10-2;1-3-4(5)6-2;;;;;;;/h2-6H,1H3;3-4H,1-2H3;1,3H,2H3;4*1H3;;;/q;;5*-1;;;+3/b;4-3+;;;;;;;;. The molecule has 181 valence electrons. The zero-order chi connectivity index (χ0) is 18.1. The molecule has 0 aliphatic rings. The van der Waals surface area contributed by atoms with Crippen LogP contribution in [0.5, 0.6) is 0 Å². The van der Waals surface area contributed by atoms with Gasteiger partial charge in [-0.1, -0.05) is 35.9 Å². The van der Waals surface area contributed by atoms with Crippen molar-refractivity contribution in [1.29, 1.82) is 0 Å². The molecular formula is C21H33Co2O6Ru-2. The Bertz CT molecular complexity index is 505. The Balaban J connectivity index is -0.0000000289. The molecule has 0 unspecified atom stereocenters. The molecule has 30 heavy (non-hydrogen) atoms. The van der Waals surface area contributed by atoms with Crippen molar-refractivity contribution in [3.63, 3.8) is 0 Å². The minimum Gasteiger partial charge on any atom is -0.550 e. The summed E-state index contributed by atoms with van der Waals surface area (Å²) in [4.78, 5) is 30.4. The summed E-state index contributed by atoms with van der Waals surface area (Å²) in [5, 5.41) is 0. The minimum atomic E-state index is -0.578. The van der Waals surface area contributed by atoms with Gasteiger partial charge in [-0.2, -0.15) is 6.08 Å². The Hall–Kier alpha value is -1.25. The molecule has 6 nitrogen and oxygen atoms in total. The molecule has 0 atom stereocenters. The van der Waals surface area contributed by atoms with Gasteiger partial charge in [0.05, 0.1) is 21.3 Å². The number of methoxy groups -OCH3 is 3. The number of carbonyl (C=O) groups is 3. The second kappa shape index (κ2) is 42.0. The molecule has 9 heteroatoms. The molecule has 1 rings (SSSR count). The molecule has 1 aromatic carbocycles. The number of rotatable bonds is 3. The second-order valence-corrected chi connectivity index (χ2v) is 3.72. The van der Waals surface area contributed by atoms with Gasteiger partial charge in [0.2, 0.25) is 0 Å². The topological polar surface area (TPSA) is 78.9 Å². The molecule has 0 bridgehead atoms. The molecule has 0 aliphatic carbocycles. The molecule has 0 fully saturated rings. The van der Waals surface area contributed by atoms with E-state index < -0.39 is 17.9 Å². The van der Waals surface area contributed by atoms with E-state index in [4.69, 9.17) is 0 Å². The van der Waals surface area contributed by atoms with Crippen LogP contribution in [0.25, 0.3) is 0 Å². The van der Waals surface area contributed by atoms with Gasteiger partial charge in [0.25, 0.3) is 0 Å². The van der Waals surface area contributed by atoms with Crippen molar-refractivity contribution in [2.24, 2.45) is 0 Å². The summed E-state index contributed by atoms with van der Waals surface area (Å²) in [6.45, 7) is 6.77. The van der Waals surface area contributed by atoms with E-state index in [1.807, 2.05) is 18.2 Å². The fourth-order valence-corrected chi connectivity index (χ4v) is 0.875. The molecule has 0 aliphatic heterocycles. The molecule has 0 amide bonds. The van der Waals surface area contributed by atoms with Crippen LogP contribution >= 0.6 is 0 Å². The summed E-state index contributed by atoms with van der Waals surface area (Å²) in [5.41, 5.74) is 1.32. The summed E-state index contributed by atoms with van der Waals surface area (Å²) in [7, 11) is 3.72. The summed E-state index contributed by atoms with van der Waals surface area (Å²) >= 11 is 0. The summed E-state index contributed by atoms with van der Waals surface area (Å²) < 4.78 is 12.5. The van der Waals surface area contributed by atoms with Crippen LogP contribution in [0.2, 0.25) is 0 Å². The zero-order valence-electron chi connectivity index (χ0n) is 18.7. The van der Waals surface area contributed by atoms with Crippen LogP contribution in [-0.4, -0.2) is 39.2 Å². The third kappa shape index (κ3) is 45.5. The fraction of sp³-hybridized carbons (Fsp3) is 0.190. The number of benzene rings is 1. The van der Waals surface area contributed by atoms with Crippen molar-refractivity contribution in [3.05, 3.63) is 90.4 Å². The first-order chi connectivity index (χ1) is 10.9. The monoisotopic (exact) mass is 601 g/mol. The fourth-order valence-electron chi connectivity index (χ4n) is 0.875. The average Bonchev–Trinajstić information content (AvgIpc) is 2.60. The van der Waals surface area contributed by atoms with E-state index in [-0.39, 0.29) is 82.7 Å². The maximum atomic E-state index is 10.3. The largest absolute Gasteiger partial charge is 3.00 e. The van der Waals surface area contributed by atoms with Gasteiger partial charge < -0.3 is 48.7 Å². The summed E-state index contributed by atoms with van der Waals surface area (Å²) in [6.07, 6.45) is 2.84. The summed E-state index contributed by atoms with van der Waals surface area (Å²) in [5.74, 6) is -1.66. The van der Waals surface area contributed by atoms with Crippen molar-refractivity contribution in [2.45, 2.75) is 6.92 Å². The van der Waals surface area contributed by atoms with Crippen molar-refractivity contribution in [1.82, 2.24) is 0 Å². The minimum absolute atomic E-state index is 0. The van der Waals surface area contributed by atoms with Crippen LogP contribution in [0, 0.1) is 43.2 Å². The number of hydrogen-bond acceptors (Lipinski definition) is 6. The Morgan fingerprint density at radius 2 is 1.03 bits per heavy atom. The number of carbonyl (C=O) groups excluding carboxylic acids is 3. The van der Waals surface area contributed by atoms with Crippen LogP contribution in [-0.2, 0) is 81.6 Å². The Morgan fingerprint density at radius 3 is 1.17 bits per heavy atom. The normalized spacial score (nSPS) is 6.53. The van der Waals surface area contributed by atoms with Crippen LogP contribution in [0.3, 0.4) is 0 Å². The van der Waals surface area contributed by atoms with Crippen LogP contribution in [0.4, 0.5) is 0 Å². The van der Waals surface area contributed by atoms with E-state index in [2.05, 4.69) is 39.8 Å². The van der Waals surface area contributed by atoms with E-state index in [1.54, 1.807) is 0 Å². The predicted molar refractivity (Wildman–Crippen MR) is 111 cm³/mol. The van der Waals surface area contributed by atoms with Crippen molar-refractivity contribution in [3.8, 4) is 0 Å². The first-order valence-corrected chi connectivity index (χ1v) is 6.39. The first-order valence-electron chi connectivity index (χ1n) is 6.39. The van der Waals surface area contributed by atoms with E-state index in [0.29, 0.717) is 0 Å². The van der Waals surface area contributed by atoms with Gasteiger partial charge in [-0.3, -0.25) is 6.58 Å². The van der Waals surface area contributed by atoms with Gasteiger partial charge in [-0.15, -0.1) is 0 Å². The molecule has 0 heterocycles. The van der Waals surface area contributed by atoms with Gasteiger partial charge in [-0.25, -0.2) is 9.59 Å². The number of ether oxygens (including phenoxy) is 3. The van der Waals surface area contributed by atoms with Gasteiger partial charge >= 0.3 is 31.4 Å². The van der Waals surface area contributed by atoms with E-state index in [1.165, 1.54) is 26.9 Å². The SMILES string of the molecule is COC(=O)/C=C/C(=O)OC.Cc1ccccc1.[CH-]=CC(=O)OC.[CH3-].[CH3-].[CH3-].[CH3-].[Co].[Co].[Ru+3]. The number of hydrogen-bond donors (Lipinski definition) is 0. The van der Waals surface area contributed by atoms with Crippen LogP contribution in [0.15, 0.2) is 48.6 Å². The van der Waals surface area contributed by atoms with Crippen molar-refractivity contribution >= 4 is 17.9 Å². The quantitative estimate of drug-likeness (QED) is 0.173. The van der Waals surface area contributed by atoms with Gasteiger partial charge in [-0.05, 0) is 6.92 Å². The summed E-state index contributed by atoms with van der Waals surface area (Å²) in [6, 6.07) is 10.3. The molecular weight excluding hydrogens is 567 g/mol. The van der Waals surface area contributed by atoms with E-state index in [0.717, 1.165) is 18.2 Å². The van der Waals surface area contributed by atoms with Crippen molar-refractivity contribution in [2.75, 3.05) is 21.3 Å². The zero-order valence-corrected chi connectivity index (χ0v) is 22.5. The molecule has 0 saturated carbocycles. The van der Waals surface area contributed by atoms with Gasteiger partial charge in [0.15, 0.2) is 5.97 Å². The van der Waals surface area contributed by atoms with Gasteiger partial charge in [0, 0.05) is 45.7 Å². The van der Waals surface area contributed by atoms with E-state index in [9.17, 15) is 14.4 Å². The third-order valence-electron chi connectivity index (χ3n) is 2.04. The Labute approximate surface area is 217 Å².